The average molecular weight is 332 g/mol. The van der Waals surface area contributed by atoms with E-state index in [2.05, 4.69) is 29.4 Å². The number of non-ortho nitro benzene ring substituents is 1. The fourth-order valence-corrected chi connectivity index (χ4v) is 2.72. The van der Waals surface area contributed by atoms with Crippen LogP contribution in [0.5, 0.6) is 0 Å². The van der Waals surface area contributed by atoms with Crippen LogP contribution in [-0.2, 0) is 0 Å². The molecule has 0 spiro atoms. The summed E-state index contributed by atoms with van der Waals surface area (Å²) in [5, 5.41) is 17.8. The number of hydrazone groups is 1. The number of nitrogens with zero attached hydrogens (tertiary/aromatic N) is 3. The van der Waals surface area contributed by atoms with Crippen molar-refractivity contribution in [1.82, 2.24) is 4.98 Å². The van der Waals surface area contributed by atoms with Gasteiger partial charge in [0.1, 0.15) is 0 Å². The first-order chi connectivity index (χ1) is 11.1. The molecule has 0 saturated heterocycles. The molecule has 2 rings (SSSR count). The molecule has 0 fully saturated rings. The number of unbranched alkanes of at least 4 members (excludes halogenated alkanes) is 1. The van der Waals surface area contributed by atoms with Crippen molar-refractivity contribution in [2.75, 3.05) is 5.43 Å². The molecule has 0 bridgehead atoms. The number of thiazole rings is 1. The van der Waals surface area contributed by atoms with Gasteiger partial charge in [-0.2, -0.15) is 5.10 Å². The van der Waals surface area contributed by atoms with Crippen LogP contribution in [0.15, 0.2) is 34.7 Å². The topological polar surface area (TPSA) is 80.4 Å². The van der Waals surface area contributed by atoms with Crippen LogP contribution in [-0.4, -0.2) is 15.6 Å². The van der Waals surface area contributed by atoms with Crippen LogP contribution >= 0.6 is 11.3 Å². The van der Waals surface area contributed by atoms with Gasteiger partial charge in [-0.1, -0.05) is 32.4 Å². The molecule has 0 unspecified atom stereocenters. The molecular weight excluding hydrogens is 312 g/mol. The number of benzene rings is 1. The minimum absolute atomic E-state index is 0.0656. The summed E-state index contributed by atoms with van der Waals surface area (Å²) in [7, 11) is 0. The van der Waals surface area contributed by atoms with Gasteiger partial charge < -0.3 is 0 Å². The van der Waals surface area contributed by atoms with E-state index >= 15 is 0 Å². The van der Waals surface area contributed by atoms with Crippen LogP contribution in [0.25, 0.3) is 11.3 Å². The Bertz CT molecular complexity index is 697. The Morgan fingerprint density at radius 3 is 2.96 bits per heavy atom. The van der Waals surface area contributed by atoms with E-state index in [1.165, 1.54) is 23.5 Å². The van der Waals surface area contributed by atoms with E-state index < -0.39 is 4.92 Å². The van der Waals surface area contributed by atoms with Crippen molar-refractivity contribution in [2.45, 2.75) is 39.5 Å². The highest BCUT2D eigenvalue weighted by atomic mass is 32.1. The van der Waals surface area contributed by atoms with E-state index in [-0.39, 0.29) is 5.69 Å². The minimum Gasteiger partial charge on any atom is -0.258 e. The summed E-state index contributed by atoms with van der Waals surface area (Å²) in [6.45, 7) is 4.25. The average Bonchev–Trinajstić information content (AvgIpc) is 3.04. The number of nitro benzene ring substituents is 1. The summed E-state index contributed by atoms with van der Waals surface area (Å²) in [4.78, 5) is 14.9. The fourth-order valence-electron chi connectivity index (χ4n) is 2.06. The van der Waals surface area contributed by atoms with Gasteiger partial charge in [-0.05, 0) is 19.3 Å². The molecule has 0 aliphatic rings. The van der Waals surface area contributed by atoms with Crippen molar-refractivity contribution in [3.8, 4) is 11.3 Å². The number of rotatable bonds is 8. The Labute approximate surface area is 139 Å². The zero-order valence-electron chi connectivity index (χ0n) is 13.3. The van der Waals surface area contributed by atoms with E-state index in [1.807, 2.05) is 11.4 Å². The molecule has 7 heteroatoms. The van der Waals surface area contributed by atoms with Gasteiger partial charge in [0.05, 0.1) is 10.6 Å². The predicted molar refractivity (Wildman–Crippen MR) is 95.1 cm³/mol. The SMILES string of the molecule is CCCC/C(CC)=N\Nc1nc(-c2cccc([N+](=O)[O-])c2)cs1. The van der Waals surface area contributed by atoms with Gasteiger partial charge in [0.2, 0.25) is 5.13 Å². The molecule has 23 heavy (non-hydrogen) atoms. The van der Waals surface area contributed by atoms with Crippen LogP contribution < -0.4 is 5.43 Å². The molecule has 1 aromatic heterocycles. The van der Waals surface area contributed by atoms with E-state index in [1.54, 1.807) is 6.07 Å². The van der Waals surface area contributed by atoms with Crippen molar-refractivity contribution in [2.24, 2.45) is 5.10 Å². The lowest BCUT2D eigenvalue weighted by molar-refractivity contribution is -0.384. The van der Waals surface area contributed by atoms with Gasteiger partial charge in [0, 0.05) is 28.8 Å². The smallest absolute Gasteiger partial charge is 0.258 e. The third-order valence-corrected chi connectivity index (χ3v) is 4.14. The first-order valence-corrected chi connectivity index (χ1v) is 8.53. The van der Waals surface area contributed by atoms with Crippen LogP contribution in [0.2, 0.25) is 0 Å². The lowest BCUT2D eigenvalue weighted by atomic mass is 10.1. The summed E-state index contributed by atoms with van der Waals surface area (Å²) >= 11 is 1.44. The normalized spacial score (nSPS) is 11.5. The molecule has 0 radical (unpaired) electrons. The van der Waals surface area contributed by atoms with Gasteiger partial charge in [-0.25, -0.2) is 4.98 Å². The molecule has 6 nitrogen and oxygen atoms in total. The molecule has 0 aliphatic carbocycles. The maximum atomic E-state index is 10.8. The minimum atomic E-state index is -0.402. The molecule has 0 aliphatic heterocycles. The first kappa shape index (κ1) is 17.1. The summed E-state index contributed by atoms with van der Waals surface area (Å²) in [6.07, 6.45) is 4.18. The van der Waals surface area contributed by atoms with Crippen molar-refractivity contribution >= 4 is 27.9 Å². The Balaban J connectivity index is 2.10. The molecule has 0 amide bonds. The molecule has 122 valence electrons. The van der Waals surface area contributed by atoms with Gasteiger partial charge in [0.25, 0.3) is 5.69 Å². The lowest BCUT2D eigenvalue weighted by Crippen LogP contribution is -2.00. The van der Waals surface area contributed by atoms with E-state index in [0.29, 0.717) is 10.8 Å². The second-order valence-electron chi connectivity index (χ2n) is 5.09. The van der Waals surface area contributed by atoms with Crippen LogP contribution in [0.4, 0.5) is 10.8 Å². The monoisotopic (exact) mass is 332 g/mol. The third-order valence-electron chi connectivity index (χ3n) is 3.39. The van der Waals surface area contributed by atoms with Gasteiger partial charge >= 0.3 is 0 Å². The largest absolute Gasteiger partial charge is 0.270 e. The Morgan fingerprint density at radius 2 is 2.26 bits per heavy atom. The molecule has 2 aromatic rings. The quantitative estimate of drug-likeness (QED) is 0.415. The Morgan fingerprint density at radius 1 is 1.43 bits per heavy atom. The second-order valence-corrected chi connectivity index (χ2v) is 5.95. The van der Waals surface area contributed by atoms with Gasteiger partial charge in [0.15, 0.2) is 0 Å². The standard InChI is InChI=1S/C16H20N4O2S/c1-3-5-8-13(4-2)18-19-16-17-15(11-23-16)12-7-6-9-14(10-12)20(21)22/h6-7,9-11H,3-5,8H2,1-2H3,(H,17,19)/b18-13-. The van der Waals surface area contributed by atoms with Crippen LogP contribution in [0.3, 0.4) is 0 Å². The number of nitro groups is 1. The zero-order valence-corrected chi connectivity index (χ0v) is 14.1. The summed E-state index contributed by atoms with van der Waals surface area (Å²) < 4.78 is 0. The van der Waals surface area contributed by atoms with Crippen molar-refractivity contribution < 1.29 is 4.92 Å². The second kappa shape index (κ2) is 8.38. The number of nitrogens with one attached hydrogen (secondary N) is 1. The van der Waals surface area contributed by atoms with E-state index in [0.717, 1.165) is 37.0 Å². The zero-order chi connectivity index (χ0) is 16.7. The predicted octanol–water partition coefficient (Wildman–Crippen LogP) is 5.09. The van der Waals surface area contributed by atoms with Crippen molar-refractivity contribution in [1.29, 1.82) is 0 Å². The number of anilines is 1. The van der Waals surface area contributed by atoms with Crippen LogP contribution in [0.1, 0.15) is 39.5 Å². The summed E-state index contributed by atoms with van der Waals surface area (Å²) in [5.74, 6) is 0. The molecule has 1 heterocycles. The highest BCUT2D eigenvalue weighted by Gasteiger charge is 2.10. The Hall–Kier alpha value is -2.28. The molecule has 0 saturated carbocycles. The van der Waals surface area contributed by atoms with E-state index in [9.17, 15) is 10.1 Å². The molecular formula is C16H20N4O2S. The number of hydrogen-bond acceptors (Lipinski definition) is 6. The molecule has 1 N–H and O–H groups in total. The summed E-state index contributed by atoms with van der Waals surface area (Å²) in [5.41, 5.74) is 5.63. The maximum absolute atomic E-state index is 10.8. The van der Waals surface area contributed by atoms with Gasteiger partial charge in [-0.3, -0.25) is 15.5 Å². The highest BCUT2D eigenvalue weighted by molar-refractivity contribution is 7.14. The van der Waals surface area contributed by atoms with E-state index in [4.69, 9.17) is 0 Å². The molecule has 1 aromatic carbocycles. The maximum Gasteiger partial charge on any atom is 0.270 e. The highest BCUT2D eigenvalue weighted by Crippen LogP contribution is 2.27. The Kier molecular flexibility index (Phi) is 6.22. The summed E-state index contributed by atoms with van der Waals surface area (Å²) in [6, 6.07) is 6.48. The number of aromatic nitrogens is 1. The van der Waals surface area contributed by atoms with Crippen molar-refractivity contribution in [3.63, 3.8) is 0 Å². The van der Waals surface area contributed by atoms with Crippen LogP contribution in [0, 0.1) is 10.1 Å². The fraction of sp³-hybridized carbons (Fsp3) is 0.375. The van der Waals surface area contributed by atoms with Crippen molar-refractivity contribution in [3.05, 3.63) is 39.8 Å². The number of hydrogen-bond donors (Lipinski definition) is 1. The first-order valence-electron chi connectivity index (χ1n) is 7.65. The lowest BCUT2D eigenvalue weighted by Gasteiger charge is -2.02. The van der Waals surface area contributed by atoms with Gasteiger partial charge in [-0.15, -0.1) is 11.3 Å². The molecule has 0 atom stereocenters. The third kappa shape index (κ3) is 4.85.